The number of hydrogen-bond donors (Lipinski definition) is 1. The lowest BCUT2D eigenvalue weighted by molar-refractivity contribution is 0.467. The summed E-state index contributed by atoms with van der Waals surface area (Å²) in [6, 6.07) is 12.5. The van der Waals surface area contributed by atoms with Crippen LogP contribution in [0.3, 0.4) is 0 Å². The molecule has 16 heavy (non-hydrogen) atoms. The molecule has 0 aliphatic carbocycles. The molecule has 1 unspecified atom stereocenters. The number of benzene rings is 1. The number of hydrogen-bond acceptors (Lipinski definition) is 2. The minimum Gasteiger partial charge on any atom is -0.464 e. The topological polar surface area (TPSA) is 25.2 Å². The van der Waals surface area contributed by atoms with Gasteiger partial charge in [-0.05, 0) is 44.5 Å². The van der Waals surface area contributed by atoms with Crippen molar-refractivity contribution < 1.29 is 4.42 Å². The Bertz CT molecular complexity index is 473. The van der Waals surface area contributed by atoms with Crippen molar-refractivity contribution in [2.24, 2.45) is 0 Å². The van der Waals surface area contributed by atoms with E-state index in [4.69, 9.17) is 4.42 Å². The molecule has 1 heterocycles. The highest BCUT2D eigenvalue weighted by atomic mass is 16.3. The second-order valence-electron chi connectivity index (χ2n) is 4.13. The van der Waals surface area contributed by atoms with Crippen LogP contribution < -0.4 is 5.32 Å². The second kappa shape index (κ2) is 4.44. The summed E-state index contributed by atoms with van der Waals surface area (Å²) in [6.45, 7) is 6.16. The van der Waals surface area contributed by atoms with E-state index in [9.17, 15) is 0 Å². The lowest BCUT2D eigenvalue weighted by atomic mass is 10.1. The van der Waals surface area contributed by atoms with Gasteiger partial charge in [-0.25, -0.2) is 0 Å². The van der Waals surface area contributed by atoms with Crippen molar-refractivity contribution in [2.75, 3.05) is 5.32 Å². The SMILES string of the molecule is Cc1ccc(C(C)Nc2ccccc2C)o1. The Morgan fingerprint density at radius 1 is 1.06 bits per heavy atom. The van der Waals surface area contributed by atoms with Crippen LogP contribution >= 0.6 is 0 Å². The molecule has 2 heteroatoms. The zero-order valence-corrected chi connectivity index (χ0v) is 9.95. The third-order valence-corrected chi connectivity index (χ3v) is 2.70. The second-order valence-corrected chi connectivity index (χ2v) is 4.13. The van der Waals surface area contributed by atoms with Gasteiger partial charge in [0.25, 0.3) is 0 Å². The van der Waals surface area contributed by atoms with E-state index < -0.39 is 0 Å². The highest BCUT2D eigenvalue weighted by molar-refractivity contribution is 5.51. The molecule has 1 atom stereocenters. The lowest BCUT2D eigenvalue weighted by Crippen LogP contribution is -2.06. The van der Waals surface area contributed by atoms with Crippen molar-refractivity contribution in [1.29, 1.82) is 0 Å². The van der Waals surface area contributed by atoms with Crippen LogP contribution in [-0.2, 0) is 0 Å². The average molecular weight is 215 g/mol. The van der Waals surface area contributed by atoms with Crippen molar-refractivity contribution >= 4 is 5.69 Å². The summed E-state index contributed by atoms with van der Waals surface area (Å²) in [5.41, 5.74) is 2.40. The fourth-order valence-electron chi connectivity index (χ4n) is 1.73. The van der Waals surface area contributed by atoms with Crippen LogP contribution in [0.4, 0.5) is 5.69 Å². The summed E-state index contributed by atoms with van der Waals surface area (Å²) in [4.78, 5) is 0. The first-order valence-electron chi connectivity index (χ1n) is 5.55. The fraction of sp³-hybridized carbons (Fsp3) is 0.286. The normalized spacial score (nSPS) is 12.4. The smallest absolute Gasteiger partial charge is 0.126 e. The summed E-state index contributed by atoms with van der Waals surface area (Å²) < 4.78 is 5.59. The van der Waals surface area contributed by atoms with Gasteiger partial charge in [-0.3, -0.25) is 0 Å². The molecular weight excluding hydrogens is 198 g/mol. The Hall–Kier alpha value is -1.70. The third-order valence-electron chi connectivity index (χ3n) is 2.70. The van der Waals surface area contributed by atoms with Crippen molar-refractivity contribution in [2.45, 2.75) is 26.8 Å². The van der Waals surface area contributed by atoms with E-state index in [0.717, 1.165) is 17.2 Å². The molecule has 0 aliphatic rings. The van der Waals surface area contributed by atoms with Gasteiger partial charge in [0.05, 0.1) is 6.04 Å². The summed E-state index contributed by atoms with van der Waals surface area (Å²) in [5, 5.41) is 3.45. The van der Waals surface area contributed by atoms with Crippen LogP contribution in [0, 0.1) is 13.8 Å². The van der Waals surface area contributed by atoms with Crippen molar-refractivity contribution in [3.8, 4) is 0 Å². The van der Waals surface area contributed by atoms with Gasteiger partial charge in [0, 0.05) is 5.69 Å². The Kier molecular flexibility index (Phi) is 3.00. The number of para-hydroxylation sites is 1. The van der Waals surface area contributed by atoms with Gasteiger partial charge < -0.3 is 9.73 Å². The Morgan fingerprint density at radius 3 is 2.44 bits per heavy atom. The van der Waals surface area contributed by atoms with Crippen LogP contribution in [0.15, 0.2) is 40.8 Å². The van der Waals surface area contributed by atoms with Crippen LogP contribution in [0.25, 0.3) is 0 Å². The predicted octanol–water partition coefficient (Wildman–Crippen LogP) is 4.07. The molecule has 0 radical (unpaired) electrons. The van der Waals surface area contributed by atoms with Crippen molar-refractivity contribution in [3.05, 3.63) is 53.5 Å². The Labute approximate surface area is 96.3 Å². The van der Waals surface area contributed by atoms with Gasteiger partial charge in [-0.2, -0.15) is 0 Å². The van der Waals surface area contributed by atoms with Gasteiger partial charge in [0.2, 0.25) is 0 Å². The maximum Gasteiger partial charge on any atom is 0.126 e. The van der Waals surface area contributed by atoms with Gasteiger partial charge in [-0.1, -0.05) is 18.2 Å². The molecular formula is C14H17NO. The van der Waals surface area contributed by atoms with Crippen molar-refractivity contribution in [1.82, 2.24) is 0 Å². The van der Waals surface area contributed by atoms with Gasteiger partial charge in [0.15, 0.2) is 0 Å². The summed E-state index contributed by atoms with van der Waals surface area (Å²) in [5.74, 6) is 1.93. The average Bonchev–Trinajstić information content (AvgIpc) is 2.68. The van der Waals surface area contributed by atoms with Gasteiger partial charge in [-0.15, -0.1) is 0 Å². The highest BCUT2D eigenvalue weighted by Crippen LogP contribution is 2.22. The number of rotatable bonds is 3. The molecule has 1 aromatic heterocycles. The van der Waals surface area contributed by atoms with E-state index in [1.807, 2.05) is 31.2 Å². The molecule has 0 amide bonds. The van der Waals surface area contributed by atoms with Gasteiger partial charge in [0.1, 0.15) is 11.5 Å². The van der Waals surface area contributed by atoms with Crippen LogP contribution in [0.2, 0.25) is 0 Å². The standard InChI is InChI=1S/C14H17NO/c1-10-6-4-5-7-13(10)15-12(3)14-9-8-11(2)16-14/h4-9,12,15H,1-3H3. The molecule has 0 saturated heterocycles. The maximum absolute atomic E-state index is 5.59. The molecule has 1 aromatic carbocycles. The molecule has 0 bridgehead atoms. The Morgan fingerprint density at radius 2 is 1.81 bits per heavy atom. The minimum atomic E-state index is 0.190. The quantitative estimate of drug-likeness (QED) is 0.834. The Balaban J connectivity index is 2.13. The molecule has 0 spiro atoms. The fourth-order valence-corrected chi connectivity index (χ4v) is 1.73. The van der Waals surface area contributed by atoms with Crippen LogP contribution in [0.1, 0.15) is 30.0 Å². The summed E-state index contributed by atoms with van der Waals surface area (Å²) in [6.07, 6.45) is 0. The maximum atomic E-state index is 5.59. The molecule has 0 aliphatic heterocycles. The molecule has 0 saturated carbocycles. The first-order valence-corrected chi connectivity index (χ1v) is 5.55. The van der Waals surface area contributed by atoms with Crippen LogP contribution in [0.5, 0.6) is 0 Å². The summed E-state index contributed by atoms with van der Waals surface area (Å²) in [7, 11) is 0. The van der Waals surface area contributed by atoms with E-state index >= 15 is 0 Å². The monoisotopic (exact) mass is 215 g/mol. The van der Waals surface area contributed by atoms with Gasteiger partial charge >= 0.3 is 0 Å². The zero-order valence-electron chi connectivity index (χ0n) is 9.95. The van der Waals surface area contributed by atoms with E-state index in [1.165, 1.54) is 5.56 Å². The molecule has 0 fully saturated rings. The molecule has 1 N–H and O–H groups in total. The highest BCUT2D eigenvalue weighted by Gasteiger charge is 2.09. The van der Waals surface area contributed by atoms with E-state index in [-0.39, 0.29) is 6.04 Å². The summed E-state index contributed by atoms with van der Waals surface area (Å²) >= 11 is 0. The first kappa shape index (κ1) is 10.8. The lowest BCUT2D eigenvalue weighted by Gasteiger charge is -2.14. The van der Waals surface area contributed by atoms with E-state index in [1.54, 1.807) is 0 Å². The van der Waals surface area contributed by atoms with E-state index in [2.05, 4.69) is 31.3 Å². The number of aryl methyl sites for hydroxylation is 2. The predicted molar refractivity (Wildman–Crippen MR) is 66.7 cm³/mol. The number of furan rings is 1. The molecule has 84 valence electrons. The van der Waals surface area contributed by atoms with Crippen molar-refractivity contribution in [3.63, 3.8) is 0 Å². The number of anilines is 1. The van der Waals surface area contributed by atoms with Crippen LogP contribution in [-0.4, -0.2) is 0 Å². The molecule has 2 rings (SSSR count). The number of nitrogens with one attached hydrogen (secondary N) is 1. The third kappa shape index (κ3) is 2.27. The zero-order chi connectivity index (χ0) is 11.5. The first-order chi connectivity index (χ1) is 7.66. The largest absolute Gasteiger partial charge is 0.464 e. The molecule has 2 aromatic rings. The molecule has 2 nitrogen and oxygen atoms in total. The van der Waals surface area contributed by atoms with E-state index in [0.29, 0.717) is 0 Å². The minimum absolute atomic E-state index is 0.190.